The lowest BCUT2D eigenvalue weighted by atomic mass is 9.97. The third kappa shape index (κ3) is 11.6. The van der Waals surface area contributed by atoms with Gasteiger partial charge in [0.2, 0.25) is 10.0 Å². The van der Waals surface area contributed by atoms with Crippen LogP contribution in [0.25, 0.3) is 22.8 Å². The van der Waals surface area contributed by atoms with Crippen LogP contribution in [-0.4, -0.2) is 83.7 Å². The van der Waals surface area contributed by atoms with Crippen molar-refractivity contribution < 1.29 is 55.8 Å². The lowest BCUT2D eigenvalue weighted by Gasteiger charge is -2.19. The van der Waals surface area contributed by atoms with Gasteiger partial charge in [-0.3, -0.25) is 23.9 Å². The van der Waals surface area contributed by atoms with Gasteiger partial charge in [0.05, 0.1) is 36.4 Å². The standard InChI is InChI=1S/C29H26FN7O4.C28H26F2N6O5S/c1-14-18(15(2)38)5-6-20-19(14)7-8-22(20)35-28(40)25-10-24(34-26-21(30)13-33-37(25)26)27(39)31-11-16-3-4-17-12-32-29(41)36-23(17)9-16;1-14-17(15(2)37)5-6-19-18(14)7-9-22(19)34-28(39)25-11-24(33-26-21(30)13-32-36(25)26)27(38)31-12-16-4-8-20(29)23(10-16)35-42(3,40)41/h3-6,9-10,13,22,38H,2,7-8,11-12H2,1H3,(H,31,39)(H,35,40)(H2,32,36,41);4-6,8,10-11,13,22,35,37H,2,7,9,12H2,1,3H3,(H,31,38)(H,34,39)/t2*22-/m00/s1. The molecule has 0 fully saturated rings. The number of anilines is 2. The highest BCUT2D eigenvalue weighted by molar-refractivity contribution is 7.92. The van der Waals surface area contributed by atoms with Crippen LogP contribution in [0, 0.1) is 31.3 Å². The molecule has 0 bridgehead atoms. The fourth-order valence-corrected chi connectivity index (χ4v) is 11.0. The van der Waals surface area contributed by atoms with Crippen LogP contribution in [0.2, 0.25) is 0 Å². The molecule has 4 aromatic carbocycles. The van der Waals surface area contributed by atoms with Crippen LogP contribution in [0.3, 0.4) is 0 Å². The van der Waals surface area contributed by atoms with Crippen molar-refractivity contribution in [1.82, 2.24) is 55.8 Å². The van der Waals surface area contributed by atoms with Crippen molar-refractivity contribution in [2.45, 2.75) is 71.2 Å². The Morgan fingerprint density at radius 1 is 0.675 bits per heavy atom. The molecule has 0 saturated carbocycles. The molecular weight excluding hydrogens is 1100 g/mol. The Balaban J connectivity index is 0.000000185. The average Bonchev–Trinajstić information content (AvgIpc) is 4.32. The van der Waals surface area contributed by atoms with Crippen LogP contribution in [0.1, 0.15) is 128 Å². The Kier molecular flexibility index (Phi) is 15.2. The summed E-state index contributed by atoms with van der Waals surface area (Å²) in [7, 11) is -3.74. The number of benzene rings is 4. The normalized spacial score (nSPS) is 14.9. The molecule has 1 aliphatic heterocycles. The molecule has 22 nitrogen and oxygen atoms in total. The summed E-state index contributed by atoms with van der Waals surface area (Å²) in [6.07, 6.45) is 5.28. The third-order valence-corrected chi connectivity index (χ3v) is 15.1. The van der Waals surface area contributed by atoms with Crippen LogP contribution in [0.15, 0.2) is 98.3 Å². The second-order valence-electron chi connectivity index (χ2n) is 20.0. The lowest BCUT2D eigenvalue weighted by molar-refractivity contribution is 0.0916. The number of nitrogens with one attached hydrogen (secondary N) is 7. The van der Waals surface area contributed by atoms with Gasteiger partial charge in [-0.2, -0.15) is 10.2 Å². The highest BCUT2D eigenvalue weighted by Gasteiger charge is 2.31. The molecule has 8 aromatic rings. The maximum Gasteiger partial charge on any atom is 0.319 e. The molecule has 4 aromatic heterocycles. The van der Waals surface area contributed by atoms with Crippen molar-refractivity contribution in [2.75, 3.05) is 16.3 Å². The first-order valence-electron chi connectivity index (χ1n) is 25.7. The van der Waals surface area contributed by atoms with Crippen LogP contribution < -0.4 is 36.6 Å². The number of urea groups is 1. The largest absolute Gasteiger partial charge is 0.508 e. The van der Waals surface area contributed by atoms with Crippen molar-refractivity contribution in [3.05, 3.63) is 200 Å². The smallest absolute Gasteiger partial charge is 0.319 e. The summed E-state index contributed by atoms with van der Waals surface area (Å²) >= 11 is 0. The summed E-state index contributed by atoms with van der Waals surface area (Å²) in [5.41, 5.74) is 8.12. The molecule has 11 rings (SSSR count). The number of hydrogen-bond acceptors (Lipinski definition) is 13. The molecule has 2 aliphatic carbocycles. The average molecular weight is 1150 g/mol. The van der Waals surface area contributed by atoms with Crippen molar-refractivity contribution in [2.24, 2.45) is 0 Å². The number of aliphatic hydroxyl groups is 2. The number of carbonyl (C=O) groups is 5. The van der Waals surface area contributed by atoms with E-state index in [1.807, 2.05) is 38.1 Å². The molecule has 0 saturated heterocycles. The number of hydrogen-bond donors (Lipinski definition) is 9. The Morgan fingerprint density at radius 2 is 1.16 bits per heavy atom. The van der Waals surface area contributed by atoms with Crippen molar-refractivity contribution in [3.63, 3.8) is 0 Å². The number of halogens is 3. The van der Waals surface area contributed by atoms with E-state index in [2.05, 4.69) is 69.9 Å². The molecule has 9 N–H and O–H groups in total. The van der Waals surface area contributed by atoms with Gasteiger partial charge in [-0.25, -0.2) is 45.4 Å². The number of carbonyl (C=O) groups excluding carboxylic acids is 5. The number of aromatic nitrogens is 6. The van der Waals surface area contributed by atoms with Gasteiger partial charge in [0, 0.05) is 48.6 Å². The predicted octanol–water partition coefficient (Wildman–Crippen LogP) is 7.25. The van der Waals surface area contributed by atoms with Crippen molar-refractivity contribution in [3.8, 4) is 0 Å². The topological polar surface area (TPSA) is 305 Å². The van der Waals surface area contributed by atoms with E-state index in [1.54, 1.807) is 18.2 Å². The second kappa shape index (κ2) is 22.4. The zero-order valence-corrected chi connectivity index (χ0v) is 45.4. The summed E-state index contributed by atoms with van der Waals surface area (Å²) < 4.78 is 70.2. The number of aliphatic hydroxyl groups excluding tert-OH is 2. The number of sulfonamides is 1. The number of nitrogens with zero attached hydrogens (tertiary/aromatic N) is 6. The quantitative estimate of drug-likeness (QED) is 0.0485. The summed E-state index contributed by atoms with van der Waals surface area (Å²) in [5.74, 6) is -4.98. The monoisotopic (exact) mass is 1150 g/mol. The summed E-state index contributed by atoms with van der Waals surface area (Å²) in [5, 5.41) is 44.2. The molecule has 426 valence electrons. The van der Waals surface area contributed by atoms with Crippen LogP contribution in [0.5, 0.6) is 0 Å². The first-order valence-corrected chi connectivity index (χ1v) is 27.6. The van der Waals surface area contributed by atoms with Gasteiger partial charge in [-0.15, -0.1) is 0 Å². The SMILES string of the molecule is C=C(O)c1ccc2c(c1C)CC[C@@H]2NC(=O)c1cc(C(=O)NCc2ccc(F)c(NS(C)(=O)=O)c2)nc2c(F)cnn12.C=C(O)c1ccc2c(c1C)CC[C@@H]2NC(=O)c1cc(C(=O)NCc2ccc3c(c2)NC(=O)NC3)nc2c(F)cnn12. The van der Waals surface area contributed by atoms with E-state index in [0.717, 1.165) is 78.3 Å². The van der Waals surface area contributed by atoms with Gasteiger partial charge in [0.25, 0.3) is 23.6 Å². The lowest BCUT2D eigenvalue weighted by Crippen LogP contribution is -2.33. The molecule has 83 heavy (non-hydrogen) atoms. The molecule has 5 heterocycles. The third-order valence-electron chi connectivity index (χ3n) is 14.5. The Bertz CT molecular complexity index is 4200. The van der Waals surface area contributed by atoms with Gasteiger partial charge in [-0.05, 0) is 108 Å². The van der Waals surface area contributed by atoms with Gasteiger partial charge in [-0.1, -0.05) is 55.6 Å². The van der Waals surface area contributed by atoms with Gasteiger partial charge >= 0.3 is 6.03 Å². The Morgan fingerprint density at radius 3 is 1.64 bits per heavy atom. The second-order valence-corrected chi connectivity index (χ2v) is 21.7. The summed E-state index contributed by atoms with van der Waals surface area (Å²) in [4.78, 5) is 72.8. The minimum absolute atomic E-state index is 0.0147. The van der Waals surface area contributed by atoms with Gasteiger partial charge < -0.3 is 42.1 Å². The summed E-state index contributed by atoms with van der Waals surface area (Å²) in [6.45, 7) is 11.4. The molecule has 2 atom stereocenters. The summed E-state index contributed by atoms with van der Waals surface area (Å²) in [6, 6.07) is 17.7. The van der Waals surface area contributed by atoms with E-state index >= 15 is 0 Å². The number of fused-ring (bicyclic) bond motifs is 5. The van der Waals surface area contributed by atoms with Crippen LogP contribution in [-0.2, 0) is 42.5 Å². The van der Waals surface area contributed by atoms with E-state index in [4.69, 9.17) is 0 Å². The molecular formula is C57H52F3N13O9S. The highest BCUT2D eigenvalue weighted by Crippen LogP contribution is 2.38. The zero-order valence-electron chi connectivity index (χ0n) is 44.6. The molecule has 0 spiro atoms. The predicted molar refractivity (Wildman–Crippen MR) is 298 cm³/mol. The maximum absolute atomic E-state index is 14.5. The Hall–Kier alpha value is -10.1. The van der Waals surface area contributed by atoms with E-state index in [0.29, 0.717) is 54.6 Å². The molecule has 0 unspecified atom stereocenters. The van der Waals surface area contributed by atoms with E-state index in [9.17, 15) is 55.8 Å². The van der Waals surface area contributed by atoms with E-state index < -0.39 is 51.1 Å². The van der Waals surface area contributed by atoms with Crippen molar-refractivity contribution in [1.29, 1.82) is 0 Å². The maximum atomic E-state index is 14.5. The van der Waals surface area contributed by atoms with E-state index in [-0.39, 0.29) is 82.5 Å². The molecule has 6 amide bonds. The Labute approximate surface area is 471 Å². The first kappa shape index (κ1) is 56.2. The van der Waals surface area contributed by atoms with Gasteiger partial charge in [0.1, 0.15) is 40.1 Å². The van der Waals surface area contributed by atoms with Gasteiger partial charge in [0.15, 0.2) is 22.9 Å². The first-order chi connectivity index (χ1) is 39.5. The molecule has 0 radical (unpaired) electrons. The van der Waals surface area contributed by atoms with Crippen molar-refractivity contribution >= 4 is 73.9 Å². The highest BCUT2D eigenvalue weighted by atomic mass is 32.2. The molecule has 26 heteroatoms. The number of rotatable bonds is 14. The van der Waals surface area contributed by atoms with Crippen LogP contribution in [0.4, 0.5) is 29.3 Å². The fourth-order valence-electron chi connectivity index (χ4n) is 10.4. The van der Waals surface area contributed by atoms with Crippen LogP contribution >= 0.6 is 0 Å². The minimum Gasteiger partial charge on any atom is -0.508 e. The number of amides is 6. The van der Waals surface area contributed by atoms with E-state index in [1.165, 1.54) is 24.3 Å². The molecule has 3 aliphatic rings. The fraction of sp³-hybridized carbons (Fsp3) is 0.211. The zero-order chi connectivity index (χ0) is 59.2. The minimum atomic E-state index is -3.74.